The standard InChI is InChI=1S/C14H18FNO2/c1-10-5-6-12(13(15)8-10)14(17)16-9-11-4-2-3-7-18-11/h5-6,8,11H,2-4,7,9H2,1H3,(H,16,17). The molecule has 1 aromatic carbocycles. The molecule has 0 aliphatic carbocycles. The Morgan fingerprint density at radius 3 is 3.00 bits per heavy atom. The van der Waals surface area contributed by atoms with Crippen molar-refractivity contribution in [2.24, 2.45) is 0 Å². The molecule has 1 heterocycles. The number of hydrogen-bond acceptors (Lipinski definition) is 2. The van der Waals surface area contributed by atoms with E-state index in [1.54, 1.807) is 13.0 Å². The van der Waals surface area contributed by atoms with Crippen molar-refractivity contribution in [1.82, 2.24) is 5.32 Å². The van der Waals surface area contributed by atoms with Crippen molar-refractivity contribution >= 4 is 5.91 Å². The minimum absolute atomic E-state index is 0.0659. The third-order valence-electron chi connectivity index (χ3n) is 3.13. The Morgan fingerprint density at radius 2 is 2.33 bits per heavy atom. The Balaban J connectivity index is 1.90. The summed E-state index contributed by atoms with van der Waals surface area (Å²) >= 11 is 0. The van der Waals surface area contributed by atoms with Gasteiger partial charge in [0, 0.05) is 13.2 Å². The maximum absolute atomic E-state index is 13.6. The summed E-state index contributed by atoms with van der Waals surface area (Å²) in [6.45, 7) is 2.99. The number of aryl methyl sites for hydroxylation is 1. The van der Waals surface area contributed by atoms with Crippen LogP contribution in [0, 0.1) is 12.7 Å². The average molecular weight is 251 g/mol. The molecule has 1 unspecified atom stereocenters. The predicted molar refractivity (Wildman–Crippen MR) is 67.1 cm³/mol. The Bertz CT molecular complexity index is 428. The summed E-state index contributed by atoms with van der Waals surface area (Å²) in [4.78, 5) is 11.8. The van der Waals surface area contributed by atoms with E-state index in [2.05, 4.69) is 5.32 Å². The molecule has 0 radical (unpaired) electrons. The van der Waals surface area contributed by atoms with Gasteiger partial charge in [0.05, 0.1) is 11.7 Å². The monoisotopic (exact) mass is 251 g/mol. The number of halogens is 1. The number of nitrogens with one attached hydrogen (secondary N) is 1. The molecule has 1 aliphatic heterocycles. The van der Waals surface area contributed by atoms with Gasteiger partial charge in [-0.25, -0.2) is 4.39 Å². The molecule has 0 spiro atoms. The summed E-state index contributed by atoms with van der Waals surface area (Å²) in [5.74, 6) is -0.848. The summed E-state index contributed by atoms with van der Waals surface area (Å²) in [5, 5.41) is 2.73. The van der Waals surface area contributed by atoms with Gasteiger partial charge in [0.25, 0.3) is 5.91 Å². The van der Waals surface area contributed by atoms with Crippen molar-refractivity contribution in [3.63, 3.8) is 0 Å². The van der Waals surface area contributed by atoms with Crippen molar-refractivity contribution in [2.45, 2.75) is 32.3 Å². The fourth-order valence-corrected chi connectivity index (χ4v) is 2.07. The van der Waals surface area contributed by atoms with Crippen LogP contribution in [0.25, 0.3) is 0 Å². The van der Waals surface area contributed by atoms with Crippen LogP contribution in [0.5, 0.6) is 0 Å². The van der Waals surface area contributed by atoms with Gasteiger partial charge < -0.3 is 10.1 Å². The van der Waals surface area contributed by atoms with E-state index in [9.17, 15) is 9.18 Å². The first-order valence-corrected chi connectivity index (χ1v) is 6.33. The molecule has 3 nitrogen and oxygen atoms in total. The lowest BCUT2D eigenvalue weighted by atomic mass is 10.1. The van der Waals surface area contributed by atoms with E-state index < -0.39 is 5.82 Å². The molecule has 0 bridgehead atoms. The van der Waals surface area contributed by atoms with Gasteiger partial charge in [-0.2, -0.15) is 0 Å². The predicted octanol–water partition coefficient (Wildman–Crippen LogP) is 2.43. The van der Waals surface area contributed by atoms with Crippen LogP contribution in [-0.2, 0) is 4.74 Å². The number of ether oxygens (including phenoxy) is 1. The van der Waals surface area contributed by atoms with Gasteiger partial charge in [-0.15, -0.1) is 0 Å². The van der Waals surface area contributed by atoms with Gasteiger partial charge in [0.15, 0.2) is 0 Å². The molecule has 2 rings (SSSR count). The zero-order chi connectivity index (χ0) is 13.0. The quantitative estimate of drug-likeness (QED) is 0.896. The topological polar surface area (TPSA) is 38.3 Å². The van der Waals surface area contributed by atoms with Crippen molar-refractivity contribution in [3.8, 4) is 0 Å². The first kappa shape index (κ1) is 13.0. The number of carbonyl (C=O) groups excluding carboxylic acids is 1. The molecule has 1 aromatic rings. The van der Waals surface area contributed by atoms with Crippen molar-refractivity contribution in [1.29, 1.82) is 0 Å². The number of benzene rings is 1. The van der Waals surface area contributed by atoms with Crippen LogP contribution in [0.4, 0.5) is 4.39 Å². The van der Waals surface area contributed by atoms with Crippen LogP contribution in [0.1, 0.15) is 35.2 Å². The van der Waals surface area contributed by atoms with Gasteiger partial charge in [-0.05, 0) is 43.9 Å². The minimum atomic E-state index is -0.475. The van der Waals surface area contributed by atoms with E-state index in [1.165, 1.54) is 12.1 Å². The Kier molecular flexibility index (Phi) is 4.31. The van der Waals surface area contributed by atoms with E-state index in [-0.39, 0.29) is 17.6 Å². The van der Waals surface area contributed by atoms with Crippen LogP contribution < -0.4 is 5.32 Å². The SMILES string of the molecule is Cc1ccc(C(=O)NCC2CCCCO2)c(F)c1. The van der Waals surface area contributed by atoms with Crippen molar-refractivity contribution < 1.29 is 13.9 Å². The van der Waals surface area contributed by atoms with E-state index in [1.807, 2.05) is 0 Å². The summed E-state index contributed by atoms with van der Waals surface area (Å²) in [7, 11) is 0. The maximum Gasteiger partial charge on any atom is 0.254 e. The molecular formula is C14H18FNO2. The highest BCUT2D eigenvalue weighted by molar-refractivity contribution is 5.94. The van der Waals surface area contributed by atoms with Gasteiger partial charge in [0.2, 0.25) is 0 Å². The average Bonchev–Trinajstić information content (AvgIpc) is 2.37. The van der Waals surface area contributed by atoms with E-state index >= 15 is 0 Å². The molecule has 1 amide bonds. The lowest BCUT2D eigenvalue weighted by Gasteiger charge is -2.22. The smallest absolute Gasteiger partial charge is 0.254 e. The Labute approximate surface area is 106 Å². The molecular weight excluding hydrogens is 233 g/mol. The number of amides is 1. The Hall–Kier alpha value is -1.42. The molecule has 1 atom stereocenters. The molecule has 18 heavy (non-hydrogen) atoms. The van der Waals surface area contributed by atoms with E-state index in [4.69, 9.17) is 4.74 Å². The number of hydrogen-bond donors (Lipinski definition) is 1. The van der Waals surface area contributed by atoms with Gasteiger partial charge in [-0.1, -0.05) is 6.07 Å². The second-order valence-corrected chi connectivity index (χ2v) is 4.68. The molecule has 1 aliphatic rings. The second-order valence-electron chi connectivity index (χ2n) is 4.68. The van der Waals surface area contributed by atoms with Crippen LogP contribution in [-0.4, -0.2) is 25.2 Å². The van der Waals surface area contributed by atoms with Crippen LogP contribution in [0.15, 0.2) is 18.2 Å². The molecule has 98 valence electrons. The van der Waals surface area contributed by atoms with Crippen LogP contribution in [0.3, 0.4) is 0 Å². The lowest BCUT2D eigenvalue weighted by Crippen LogP contribution is -2.35. The number of carbonyl (C=O) groups is 1. The first-order valence-electron chi connectivity index (χ1n) is 6.33. The maximum atomic E-state index is 13.6. The number of rotatable bonds is 3. The molecule has 0 aromatic heterocycles. The molecule has 1 saturated heterocycles. The fourth-order valence-electron chi connectivity index (χ4n) is 2.07. The molecule has 1 fully saturated rings. The zero-order valence-electron chi connectivity index (χ0n) is 10.5. The van der Waals surface area contributed by atoms with Gasteiger partial charge in [0.1, 0.15) is 5.82 Å². The normalized spacial score (nSPS) is 19.6. The van der Waals surface area contributed by atoms with Gasteiger partial charge >= 0.3 is 0 Å². The highest BCUT2D eigenvalue weighted by atomic mass is 19.1. The van der Waals surface area contributed by atoms with Crippen LogP contribution >= 0.6 is 0 Å². The first-order chi connectivity index (χ1) is 8.66. The molecule has 4 heteroatoms. The summed E-state index contributed by atoms with van der Waals surface area (Å²) < 4.78 is 19.1. The van der Waals surface area contributed by atoms with E-state index in [0.717, 1.165) is 31.4 Å². The summed E-state index contributed by atoms with van der Waals surface area (Å²) in [5.41, 5.74) is 0.899. The third kappa shape index (κ3) is 3.29. The zero-order valence-corrected chi connectivity index (χ0v) is 10.5. The fraction of sp³-hybridized carbons (Fsp3) is 0.500. The summed E-state index contributed by atoms with van der Waals surface area (Å²) in [6.07, 6.45) is 3.23. The highest BCUT2D eigenvalue weighted by Crippen LogP contribution is 2.13. The van der Waals surface area contributed by atoms with Crippen molar-refractivity contribution in [3.05, 3.63) is 35.1 Å². The van der Waals surface area contributed by atoms with Crippen LogP contribution in [0.2, 0.25) is 0 Å². The summed E-state index contributed by atoms with van der Waals surface area (Å²) in [6, 6.07) is 4.61. The van der Waals surface area contributed by atoms with Gasteiger partial charge in [-0.3, -0.25) is 4.79 Å². The van der Waals surface area contributed by atoms with E-state index in [0.29, 0.717) is 6.54 Å². The second kappa shape index (κ2) is 5.96. The lowest BCUT2D eigenvalue weighted by molar-refractivity contribution is 0.0168. The Morgan fingerprint density at radius 1 is 1.50 bits per heavy atom. The third-order valence-corrected chi connectivity index (χ3v) is 3.13. The van der Waals surface area contributed by atoms with Crippen molar-refractivity contribution in [2.75, 3.05) is 13.2 Å². The molecule has 1 N–H and O–H groups in total. The highest BCUT2D eigenvalue weighted by Gasteiger charge is 2.16. The minimum Gasteiger partial charge on any atom is -0.376 e. The largest absolute Gasteiger partial charge is 0.376 e. The molecule has 0 saturated carbocycles.